The molecule has 2 atom stereocenters. The standard InChI is InChI=1S/C21H20BrClFN3O2/c1-13(15-7-8-25-12-17(15)23)29-14-5-6-19-16(10-14)18(11-20(22)24)26-27(19)21-4-2-3-9-28-21/h5-8,10-13,21H,2-4,9H2,1H3/b20-11+/t13-,21?/m1/s1. The Kier molecular flexibility index (Phi) is 6.18. The maximum Gasteiger partial charge on any atom is 0.167 e. The number of aromatic nitrogens is 3. The molecule has 1 fully saturated rings. The first-order chi connectivity index (χ1) is 14.0. The first kappa shape index (κ1) is 20.3. The Morgan fingerprint density at radius 3 is 3.00 bits per heavy atom. The lowest BCUT2D eigenvalue weighted by molar-refractivity contribution is -0.0367. The van der Waals surface area contributed by atoms with Gasteiger partial charge in [-0.2, -0.15) is 9.49 Å². The van der Waals surface area contributed by atoms with Crippen molar-refractivity contribution in [3.8, 4) is 5.75 Å². The van der Waals surface area contributed by atoms with Crippen molar-refractivity contribution in [3.05, 3.63) is 57.7 Å². The van der Waals surface area contributed by atoms with Crippen molar-refractivity contribution < 1.29 is 13.9 Å². The minimum absolute atomic E-state index is 0.145. The average Bonchev–Trinajstić information content (AvgIpc) is 3.06. The number of hydrogen-bond acceptors (Lipinski definition) is 4. The van der Waals surface area contributed by atoms with Crippen molar-refractivity contribution in [2.45, 2.75) is 38.5 Å². The van der Waals surface area contributed by atoms with E-state index in [4.69, 9.17) is 21.1 Å². The molecule has 0 N–H and O–H groups in total. The van der Waals surface area contributed by atoms with Crippen molar-refractivity contribution in [2.75, 3.05) is 6.61 Å². The van der Waals surface area contributed by atoms with E-state index in [1.165, 1.54) is 6.08 Å². The molecule has 1 unspecified atom stereocenters. The summed E-state index contributed by atoms with van der Waals surface area (Å²) in [5, 5.41) is 5.95. The molecule has 0 bridgehead atoms. The molecule has 0 amide bonds. The highest BCUT2D eigenvalue weighted by atomic mass is 79.9. The van der Waals surface area contributed by atoms with Crippen molar-refractivity contribution in [1.29, 1.82) is 0 Å². The lowest BCUT2D eigenvalue weighted by atomic mass is 10.1. The van der Waals surface area contributed by atoms with Gasteiger partial charge in [0, 0.05) is 36.0 Å². The fourth-order valence-corrected chi connectivity index (χ4v) is 4.04. The van der Waals surface area contributed by atoms with Crippen LogP contribution in [-0.4, -0.2) is 21.4 Å². The molecular formula is C21H20BrClFN3O2. The van der Waals surface area contributed by atoms with Crippen LogP contribution in [0.3, 0.4) is 0 Å². The zero-order valence-electron chi connectivity index (χ0n) is 15.8. The van der Waals surface area contributed by atoms with Gasteiger partial charge in [0.1, 0.15) is 11.9 Å². The molecule has 0 radical (unpaired) electrons. The summed E-state index contributed by atoms with van der Waals surface area (Å²) < 4.78 is 26.9. The largest absolute Gasteiger partial charge is 0.486 e. The summed E-state index contributed by atoms with van der Waals surface area (Å²) in [6.45, 7) is 2.62. The Balaban J connectivity index is 1.70. The summed E-state index contributed by atoms with van der Waals surface area (Å²) in [5.41, 5.74) is 2.24. The molecule has 3 heterocycles. The minimum atomic E-state index is -0.489. The van der Waals surface area contributed by atoms with E-state index in [1.54, 1.807) is 12.4 Å². The van der Waals surface area contributed by atoms with Crippen LogP contribution in [0.1, 0.15) is 49.8 Å². The van der Waals surface area contributed by atoms with E-state index in [0.29, 0.717) is 23.1 Å². The molecule has 1 saturated heterocycles. The van der Waals surface area contributed by atoms with Crippen LogP contribution in [0.25, 0.3) is 17.0 Å². The van der Waals surface area contributed by atoms with Crippen LogP contribution in [0, 0.1) is 0 Å². The van der Waals surface area contributed by atoms with E-state index < -0.39 is 4.74 Å². The third-order valence-electron chi connectivity index (χ3n) is 4.94. The highest BCUT2D eigenvalue weighted by Gasteiger charge is 2.21. The first-order valence-electron chi connectivity index (χ1n) is 9.45. The second kappa shape index (κ2) is 8.81. The van der Waals surface area contributed by atoms with Crippen LogP contribution in [0.15, 0.2) is 41.4 Å². The van der Waals surface area contributed by atoms with Gasteiger partial charge >= 0.3 is 0 Å². The number of ether oxygens (including phenoxy) is 2. The van der Waals surface area contributed by atoms with Crippen LogP contribution in [-0.2, 0) is 4.74 Å². The van der Waals surface area contributed by atoms with E-state index >= 15 is 0 Å². The minimum Gasteiger partial charge on any atom is -0.486 e. The summed E-state index contributed by atoms with van der Waals surface area (Å²) in [6, 6.07) is 7.51. The van der Waals surface area contributed by atoms with Crippen LogP contribution in [0.2, 0.25) is 5.02 Å². The SMILES string of the molecule is C[C@@H](Oc1ccc2c(c1)c(/C=C(/F)Br)nn2C1CCCCO1)c1ccncc1Cl. The Bertz CT molecular complexity index is 1050. The number of fused-ring (bicyclic) bond motifs is 1. The van der Waals surface area contributed by atoms with Crippen molar-refractivity contribution in [1.82, 2.24) is 14.8 Å². The summed E-state index contributed by atoms with van der Waals surface area (Å²) in [6.07, 6.45) is 7.22. The number of benzene rings is 1. The predicted octanol–water partition coefficient (Wildman–Crippen LogP) is 6.59. The Morgan fingerprint density at radius 1 is 1.41 bits per heavy atom. The molecule has 1 aliphatic heterocycles. The van der Waals surface area contributed by atoms with Crippen LogP contribution < -0.4 is 4.74 Å². The van der Waals surface area contributed by atoms with Gasteiger partial charge in [0.25, 0.3) is 0 Å². The fourth-order valence-electron chi connectivity index (χ4n) is 3.55. The van der Waals surface area contributed by atoms with E-state index in [-0.39, 0.29) is 12.3 Å². The molecule has 0 aliphatic carbocycles. The number of nitrogens with zero attached hydrogens (tertiary/aromatic N) is 3. The number of halogens is 3. The maximum absolute atomic E-state index is 13.6. The molecule has 0 saturated carbocycles. The highest BCUT2D eigenvalue weighted by Crippen LogP contribution is 2.33. The zero-order valence-corrected chi connectivity index (χ0v) is 18.2. The third kappa shape index (κ3) is 4.47. The van der Waals surface area contributed by atoms with Gasteiger partial charge in [0.15, 0.2) is 11.0 Å². The van der Waals surface area contributed by atoms with E-state index in [9.17, 15) is 4.39 Å². The number of pyridine rings is 1. The predicted molar refractivity (Wildman–Crippen MR) is 115 cm³/mol. The lowest BCUT2D eigenvalue weighted by Crippen LogP contribution is -2.19. The Labute approximate surface area is 181 Å². The first-order valence-corrected chi connectivity index (χ1v) is 10.6. The van der Waals surface area contributed by atoms with Gasteiger partial charge in [-0.05, 0) is 66.4 Å². The molecule has 4 rings (SSSR count). The molecule has 1 aromatic carbocycles. The summed E-state index contributed by atoms with van der Waals surface area (Å²) in [7, 11) is 0. The third-order valence-corrected chi connectivity index (χ3v) is 5.48. The molecule has 0 spiro atoms. The van der Waals surface area contributed by atoms with E-state index in [0.717, 1.165) is 35.7 Å². The summed E-state index contributed by atoms with van der Waals surface area (Å²) in [4.78, 5) is 4.00. The fraction of sp³-hybridized carbons (Fsp3) is 0.333. The number of hydrogen-bond donors (Lipinski definition) is 0. The molecular weight excluding hydrogens is 461 g/mol. The van der Waals surface area contributed by atoms with Crippen LogP contribution in [0.5, 0.6) is 5.75 Å². The molecule has 29 heavy (non-hydrogen) atoms. The number of rotatable bonds is 5. The smallest absolute Gasteiger partial charge is 0.167 e. The van der Waals surface area contributed by atoms with Gasteiger partial charge in [-0.1, -0.05) is 11.6 Å². The second-order valence-corrected chi connectivity index (χ2v) is 8.09. The highest BCUT2D eigenvalue weighted by molar-refractivity contribution is 9.11. The van der Waals surface area contributed by atoms with Gasteiger partial charge < -0.3 is 9.47 Å². The van der Waals surface area contributed by atoms with Gasteiger partial charge in [-0.25, -0.2) is 4.68 Å². The normalized spacial score (nSPS) is 18.8. The molecule has 8 heteroatoms. The molecule has 2 aromatic heterocycles. The van der Waals surface area contributed by atoms with E-state index in [1.807, 2.05) is 35.9 Å². The van der Waals surface area contributed by atoms with Gasteiger partial charge in [0.05, 0.1) is 16.2 Å². The van der Waals surface area contributed by atoms with Crippen LogP contribution >= 0.6 is 27.5 Å². The molecule has 3 aromatic rings. The van der Waals surface area contributed by atoms with Crippen molar-refractivity contribution in [3.63, 3.8) is 0 Å². The summed E-state index contributed by atoms with van der Waals surface area (Å²) >= 11 is 9.09. The second-order valence-electron chi connectivity index (χ2n) is 6.92. The van der Waals surface area contributed by atoms with Gasteiger partial charge in [-0.3, -0.25) is 4.98 Å². The lowest BCUT2D eigenvalue weighted by Gasteiger charge is -2.23. The van der Waals surface area contributed by atoms with Gasteiger partial charge in [-0.15, -0.1) is 0 Å². The van der Waals surface area contributed by atoms with Gasteiger partial charge in [0.2, 0.25) is 0 Å². The van der Waals surface area contributed by atoms with Crippen molar-refractivity contribution in [2.24, 2.45) is 0 Å². The zero-order chi connectivity index (χ0) is 20.4. The molecule has 5 nitrogen and oxygen atoms in total. The van der Waals surface area contributed by atoms with Crippen molar-refractivity contribution >= 4 is 44.5 Å². The average molecular weight is 481 g/mol. The molecule has 152 valence electrons. The maximum atomic E-state index is 13.6. The van der Waals surface area contributed by atoms with E-state index in [2.05, 4.69) is 26.0 Å². The monoisotopic (exact) mass is 479 g/mol. The summed E-state index contributed by atoms with van der Waals surface area (Å²) in [5.74, 6) is 0.645. The van der Waals surface area contributed by atoms with Crippen LogP contribution in [0.4, 0.5) is 4.39 Å². The molecule has 1 aliphatic rings. The topological polar surface area (TPSA) is 49.2 Å². The quantitative estimate of drug-likeness (QED) is 0.413. The Hall–Kier alpha value is -1.96. The Morgan fingerprint density at radius 2 is 2.28 bits per heavy atom.